The van der Waals surface area contributed by atoms with Crippen molar-refractivity contribution in [2.75, 3.05) is 7.05 Å². The maximum absolute atomic E-state index is 5.63. The molecule has 2 N–H and O–H groups in total. The van der Waals surface area contributed by atoms with Gasteiger partial charge < -0.3 is 5.73 Å². The van der Waals surface area contributed by atoms with Crippen molar-refractivity contribution in [1.29, 1.82) is 0 Å². The van der Waals surface area contributed by atoms with E-state index in [1.54, 1.807) is 7.05 Å². The van der Waals surface area contributed by atoms with Crippen molar-refractivity contribution in [2.45, 2.75) is 13.3 Å². The van der Waals surface area contributed by atoms with Crippen molar-refractivity contribution in [3.05, 3.63) is 35.6 Å². The second kappa shape index (κ2) is 3.90. The van der Waals surface area contributed by atoms with Gasteiger partial charge in [-0.05, 0) is 24.1 Å². The molecule has 1 rings (SSSR count). The van der Waals surface area contributed by atoms with Crippen molar-refractivity contribution in [3.8, 4) is 0 Å². The standard InChI is InChI=1S/C10H14N2/c1-3-4-8-5-6-9(11)7-10(8)12-2/h4-7H,3,11H2,1-2H3/b8-4-,12-10-. The molecule has 0 unspecified atom stereocenters. The van der Waals surface area contributed by atoms with Crippen LogP contribution in [-0.2, 0) is 0 Å². The number of rotatable bonds is 1. The van der Waals surface area contributed by atoms with E-state index in [0.29, 0.717) is 0 Å². The van der Waals surface area contributed by atoms with Crippen molar-refractivity contribution < 1.29 is 0 Å². The molecule has 0 atom stereocenters. The summed E-state index contributed by atoms with van der Waals surface area (Å²) in [5, 5.41) is 0. The molecular weight excluding hydrogens is 148 g/mol. The molecule has 64 valence electrons. The van der Waals surface area contributed by atoms with Crippen LogP contribution in [0.1, 0.15) is 13.3 Å². The van der Waals surface area contributed by atoms with Gasteiger partial charge in [0.2, 0.25) is 0 Å². The van der Waals surface area contributed by atoms with E-state index in [0.717, 1.165) is 23.4 Å². The lowest BCUT2D eigenvalue weighted by molar-refractivity contribution is 1.21. The molecule has 0 spiro atoms. The van der Waals surface area contributed by atoms with Crippen molar-refractivity contribution >= 4 is 5.71 Å². The zero-order chi connectivity index (χ0) is 8.97. The van der Waals surface area contributed by atoms with Gasteiger partial charge in [0.15, 0.2) is 0 Å². The van der Waals surface area contributed by atoms with E-state index in [1.807, 2.05) is 18.2 Å². The van der Waals surface area contributed by atoms with Crippen molar-refractivity contribution in [2.24, 2.45) is 10.7 Å². The Kier molecular flexibility index (Phi) is 2.86. The van der Waals surface area contributed by atoms with Gasteiger partial charge in [0.05, 0.1) is 5.71 Å². The van der Waals surface area contributed by atoms with Gasteiger partial charge in [0.25, 0.3) is 0 Å². The fourth-order valence-electron chi connectivity index (χ4n) is 1.15. The summed E-state index contributed by atoms with van der Waals surface area (Å²) in [4.78, 5) is 4.14. The Bertz CT molecular complexity index is 280. The molecule has 0 amide bonds. The highest BCUT2D eigenvalue weighted by molar-refractivity contribution is 6.11. The van der Waals surface area contributed by atoms with Gasteiger partial charge in [-0.25, -0.2) is 0 Å². The molecule has 1 aliphatic rings. The number of allylic oxidation sites excluding steroid dienone is 5. The highest BCUT2D eigenvalue weighted by Crippen LogP contribution is 2.11. The molecule has 2 heteroatoms. The lowest BCUT2D eigenvalue weighted by Gasteiger charge is -2.07. The Morgan fingerprint density at radius 2 is 2.25 bits per heavy atom. The number of hydrogen-bond donors (Lipinski definition) is 1. The first-order chi connectivity index (χ1) is 5.77. The van der Waals surface area contributed by atoms with Gasteiger partial charge in [-0.15, -0.1) is 0 Å². The van der Waals surface area contributed by atoms with Crippen LogP contribution in [0.3, 0.4) is 0 Å². The Balaban J connectivity index is 2.96. The highest BCUT2D eigenvalue weighted by atomic mass is 14.7. The maximum atomic E-state index is 5.63. The van der Waals surface area contributed by atoms with Crippen LogP contribution in [0, 0.1) is 0 Å². The number of hydrogen-bond acceptors (Lipinski definition) is 2. The zero-order valence-electron chi connectivity index (χ0n) is 7.54. The fourth-order valence-corrected chi connectivity index (χ4v) is 1.15. The van der Waals surface area contributed by atoms with E-state index in [9.17, 15) is 0 Å². The molecule has 0 aromatic heterocycles. The number of aliphatic imine (C=N–C) groups is 1. The Hall–Kier alpha value is -1.31. The van der Waals surface area contributed by atoms with Crippen LogP contribution in [0.15, 0.2) is 40.6 Å². The first kappa shape index (κ1) is 8.78. The fraction of sp³-hybridized carbons (Fsp3) is 0.300. The smallest absolute Gasteiger partial charge is 0.0660 e. The summed E-state index contributed by atoms with van der Waals surface area (Å²) in [5.41, 5.74) is 8.52. The van der Waals surface area contributed by atoms with Gasteiger partial charge in [-0.2, -0.15) is 0 Å². The minimum Gasteiger partial charge on any atom is -0.399 e. The second-order valence-corrected chi connectivity index (χ2v) is 2.65. The average molecular weight is 162 g/mol. The van der Waals surface area contributed by atoms with Gasteiger partial charge >= 0.3 is 0 Å². The average Bonchev–Trinajstić information content (AvgIpc) is 2.08. The van der Waals surface area contributed by atoms with Crippen LogP contribution in [-0.4, -0.2) is 12.8 Å². The molecule has 0 aliphatic heterocycles. The van der Waals surface area contributed by atoms with E-state index in [-0.39, 0.29) is 0 Å². The van der Waals surface area contributed by atoms with Gasteiger partial charge in [0, 0.05) is 12.7 Å². The highest BCUT2D eigenvalue weighted by Gasteiger charge is 2.04. The monoisotopic (exact) mass is 162 g/mol. The summed E-state index contributed by atoms with van der Waals surface area (Å²) in [6.45, 7) is 2.11. The molecule has 12 heavy (non-hydrogen) atoms. The van der Waals surface area contributed by atoms with Gasteiger partial charge in [-0.1, -0.05) is 19.1 Å². The predicted molar refractivity (Wildman–Crippen MR) is 53.1 cm³/mol. The molecule has 0 saturated carbocycles. The van der Waals surface area contributed by atoms with E-state index in [1.165, 1.54) is 0 Å². The van der Waals surface area contributed by atoms with Crippen LogP contribution < -0.4 is 5.73 Å². The summed E-state index contributed by atoms with van der Waals surface area (Å²) < 4.78 is 0. The Morgan fingerprint density at radius 1 is 1.50 bits per heavy atom. The number of nitrogens with zero attached hydrogens (tertiary/aromatic N) is 1. The SMILES string of the molecule is CC/C=C1/C=CC(N)=C/C1=N/C. The molecule has 0 bridgehead atoms. The minimum atomic E-state index is 0.767. The normalized spacial score (nSPS) is 23.3. The lowest BCUT2D eigenvalue weighted by atomic mass is 10.0. The molecule has 0 fully saturated rings. The summed E-state index contributed by atoms with van der Waals surface area (Å²) in [6, 6.07) is 0. The quantitative estimate of drug-likeness (QED) is 0.627. The molecule has 0 aromatic rings. The van der Waals surface area contributed by atoms with E-state index in [2.05, 4.69) is 18.0 Å². The third-order valence-corrected chi connectivity index (χ3v) is 1.72. The maximum Gasteiger partial charge on any atom is 0.0660 e. The van der Waals surface area contributed by atoms with Crippen LogP contribution in [0.4, 0.5) is 0 Å². The van der Waals surface area contributed by atoms with Crippen LogP contribution >= 0.6 is 0 Å². The lowest BCUT2D eigenvalue weighted by Crippen LogP contribution is -2.07. The third-order valence-electron chi connectivity index (χ3n) is 1.72. The van der Waals surface area contributed by atoms with Crippen molar-refractivity contribution in [1.82, 2.24) is 0 Å². The van der Waals surface area contributed by atoms with E-state index >= 15 is 0 Å². The summed E-state index contributed by atoms with van der Waals surface area (Å²) in [5.74, 6) is 0. The molecule has 0 saturated heterocycles. The van der Waals surface area contributed by atoms with Crippen LogP contribution in [0.2, 0.25) is 0 Å². The first-order valence-corrected chi connectivity index (χ1v) is 4.10. The predicted octanol–water partition coefficient (Wildman–Crippen LogP) is 1.81. The molecule has 2 nitrogen and oxygen atoms in total. The molecule has 0 radical (unpaired) electrons. The van der Waals surface area contributed by atoms with E-state index < -0.39 is 0 Å². The Morgan fingerprint density at radius 3 is 2.83 bits per heavy atom. The molecule has 0 heterocycles. The summed E-state index contributed by atoms with van der Waals surface area (Å²) in [6.07, 6.45) is 8.95. The van der Waals surface area contributed by atoms with E-state index in [4.69, 9.17) is 5.73 Å². The first-order valence-electron chi connectivity index (χ1n) is 4.10. The Labute approximate surface area is 73.2 Å². The molecule has 0 aromatic carbocycles. The molecular formula is C10H14N2. The summed E-state index contributed by atoms with van der Waals surface area (Å²) in [7, 11) is 1.78. The minimum absolute atomic E-state index is 0.767. The number of nitrogens with two attached hydrogens (primary N) is 1. The topological polar surface area (TPSA) is 38.4 Å². The van der Waals surface area contributed by atoms with Crippen molar-refractivity contribution in [3.63, 3.8) is 0 Å². The van der Waals surface area contributed by atoms with Crippen LogP contribution in [0.25, 0.3) is 0 Å². The summed E-state index contributed by atoms with van der Waals surface area (Å²) >= 11 is 0. The van der Waals surface area contributed by atoms with Crippen LogP contribution in [0.5, 0.6) is 0 Å². The van der Waals surface area contributed by atoms with Gasteiger partial charge in [0.1, 0.15) is 0 Å². The van der Waals surface area contributed by atoms with Gasteiger partial charge in [-0.3, -0.25) is 4.99 Å². The zero-order valence-corrected chi connectivity index (χ0v) is 7.54. The molecule has 1 aliphatic carbocycles. The largest absolute Gasteiger partial charge is 0.399 e. The third kappa shape index (κ3) is 1.84. The second-order valence-electron chi connectivity index (χ2n) is 2.65.